The summed E-state index contributed by atoms with van der Waals surface area (Å²) in [7, 11) is -2.85. The van der Waals surface area contributed by atoms with Crippen molar-refractivity contribution in [3.63, 3.8) is 0 Å². The maximum atomic E-state index is 12.8. The van der Waals surface area contributed by atoms with Crippen LogP contribution in [0, 0.1) is 11.7 Å². The summed E-state index contributed by atoms with van der Waals surface area (Å²) in [6.07, 6.45) is 0. The zero-order valence-electron chi connectivity index (χ0n) is 11.0. The average Bonchev–Trinajstić information content (AvgIpc) is 2.29. The predicted octanol–water partition coefficient (Wildman–Crippen LogP) is 2.53. The lowest BCUT2D eigenvalue weighted by atomic mass is 10.2. The van der Waals surface area contributed by atoms with E-state index in [9.17, 15) is 13.4 Å². The molecule has 1 aromatic rings. The van der Waals surface area contributed by atoms with E-state index in [-0.39, 0.29) is 17.5 Å². The molecule has 1 aromatic carbocycles. The molecule has 0 aliphatic heterocycles. The second-order valence-electron chi connectivity index (χ2n) is 4.79. The van der Waals surface area contributed by atoms with Crippen LogP contribution in [0.2, 0.25) is 0 Å². The van der Waals surface area contributed by atoms with Gasteiger partial charge in [0.15, 0.2) is 0 Å². The van der Waals surface area contributed by atoms with E-state index in [0.717, 1.165) is 0 Å². The van der Waals surface area contributed by atoms with E-state index >= 15 is 0 Å². The van der Waals surface area contributed by atoms with Gasteiger partial charge in [-0.05, 0) is 23.6 Å². The van der Waals surface area contributed by atoms with Crippen LogP contribution in [0.15, 0.2) is 28.6 Å². The molecule has 106 valence electrons. The van der Waals surface area contributed by atoms with Crippen molar-refractivity contribution in [2.24, 2.45) is 10.3 Å². The summed E-state index contributed by atoms with van der Waals surface area (Å²) in [5.74, 6) is -1.77. The monoisotopic (exact) mass is 287 g/mol. The van der Waals surface area contributed by atoms with Crippen LogP contribution in [0.5, 0.6) is 0 Å². The molecular weight excluding hydrogens is 269 g/mol. The summed E-state index contributed by atoms with van der Waals surface area (Å²) in [5.41, 5.74) is 0.625. The van der Waals surface area contributed by atoms with Crippen molar-refractivity contribution in [2.75, 3.05) is 12.3 Å². The van der Waals surface area contributed by atoms with Crippen molar-refractivity contribution < 1.29 is 18.5 Å². The van der Waals surface area contributed by atoms with Crippen LogP contribution in [0.25, 0.3) is 0 Å². The fraction of sp³-hybridized carbons (Fsp3) is 0.462. The first-order valence-corrected chi connectivity index (χ1v) is 7.80. The molecule has 0 aliphatic carbocycles. The molecular formula is C13H18FNO3S. The summed E-state index contributed by atoms with van der Waals surface area (Å²) < 4.78 is 29.4. The first-order chi connectivity index (χ1) is 8.81. The van der Waals surface area contributed by atoms with E-state index in [1.165, 1.54) is 24.3 Å². The van der Waals surface area contributed by atoms with Crippen molar-refractivity contribution in [1.82, 2.24) is 0 Å². The van der Waals surface area contributed by atoms with E-state index in [2.05, 4.69) is 4.36 Å². The minimum Gasteiger partial charge on any atom is -0.481 e. The van der Waals surface area contributed by atoms with Crippen LogP contribution in [0.3, 0.4) is 0 Å². The zero-order valence-corrected chi connectivity index (χ0v) is 11.8. The van der Waals surface area contributed by atoms with Crippen molar-refractivity contribution in [3.05, 3.63) is 35.6 Å². The van der Waals surface area contributed by atoms with E-state index in [1.807, 2.05) is 13.8 Å². The molecule has 0 heterocycles. The molecule has 0 fully saturated rings. The van der Waals surface area contributed by atoms with E-state index in [0.29, 0.717) is 12.1 Å². The summed E-state index contributed by atoms with van der Waals surface area (Å²) in [6, 6.07) is 5.53. The Morgan fingerprint density at radius 2 is 1.95 bits per heavy atom. The summed E-state index contributed by atoms with van der Waals surface area (Å²) in [4.78, 5) is 10.8. The second kappa shape index (κ2) is 6.65. The van der Waals surface area contributed by atoms with Crippen molar-refractivity contribution in [1.29, 1.82) is 0 Å². The number of aliphatic carboxylic acids is 1. The highest BCUT2D eigenvalue weighted by Crippen LogP contribution is 2.11. The Morgan fingerprint density at radius 3 is 2.42 bits per heavy atom. The van der Waals surface area contributed by atoms with Crippen molar-refractivity contribution in [3.8, 4) is 0 Å². The third-order valence-electron chi connectivity index (χ3n) is 2.33. The van der Waals surface area contributed by atoms with Gasteiger partial charge in [0.05, 0.1) is 22.0 Å². The van der Waals surface area contributed by atoms with Gasteiger partial charge < -0.3 is 5.11 Å². The topological polar surface area (TPSA) is 66.7 Å². The fourth-order valence-corrected chi connectivity index (χ4v) is 3.41. The maximum Gasteiger partial charge on any atom is 0.317 e. The number of carboxylic acids is 1. The molecule has 0 aliphatic rings. The first-order valence-electron chi connectivity index (χ1n) is 5.95. The third kappa shape index (κ3) is 5.83. The normalized spacial score (nSPS) is 14.1. The highest BCUT2D eigenvalue weighted by atomic mass is 32.2. The van der Waals surface area contributed by atoms with Crippen molar-refractivity contribution >= 4 is 15.7 Å². The number of nitrogens with zero attached hydrogens (tertiary/aromatic N) is 1. The molecule has 1 rings (SSSR count). The van der Waals surface area contributed by atoms with Gasteiger partial charge >= 0.3 is 5.97 Å². The molecule has 0 aromatic heterocycles. The van der Waals surface area contributed by atoms with Crippen LogP contribution >= 0.6 is 0 Å². The van der Waals surface area contributed by atoms with Gasteiger partial charge in [-0.25, -0.2) is 13.0 Å². The Balaban J connectivity index is 2.97. The van der Waals surface area contributed by atoms with Gasteiger partial charge in [-0.2, -0.15) is 0 Å². The minimum atomic E-state index is -2.85. The van der Waals surface area contributed by atoms with E-state index in [4.69, 9.17) is 5.11 Å². The van der Waals surface area contributed by atoms with E-state index < -0.39 is 21.5 Å². The van der Waals surface area contributed by atoms with Gasteiger partial charge in [-0.15, -0.1) is 0 Å². The lowest BCUT2D eigenvalue weighted by Crippen LogP contribution is -2.18. The molecule has 1 unspecified atom stereocenters. The smallest absolute Gasteiger partial charge is 0.317 e. The lowest BCUT2D eigenvalue weighted by molar-refractivity contribution is -0.134. The van der Waals surface area contributed by atoms with Gasteiger partial charge in [0, 0.05) is 0 Å². The Bertz CT molecular complexity index is 546. The highest BCUT2D eigenvalue weighted by molar-refractivity contribution is 7.93. The minimum absolute atomic E-state index is 0.0340. The number of rotatable bonds is 6. The standard InChI is InChI=1S/C13H18FNO3S/c1-10(2)7-15-19(18,9-13(16)17)8-11-3-5-12(14)6-4-11/h3-6,10H,7-9H2,1-2H3,(H,16,17). The Kier molecular flexibility index (Phi) is 5.47. The molecule has 0 spiro atoms. The van der Waals surface area contributed by atoms with Crippen LogP contribution in [-0.2, 0) is 20.3 Å². The molecule has 0 saturated heterocycles. The van der Waals surface area contributed by atoms with Crippen LogP contribution in [-0.4, -0.2) is 27.6 Å². The summed E-state index contributed by atoms with van der Waals surface area (Å²) >= 11 is 0. The van der Waals surface area contributed by atoms with Gasteiger partial charge in [0.25, 0.3) is 0 Å². The molecule has 0 bridgehead atoms. The predicted molar refractivity (Wildman–Crippen MR) is 72.9 cm³/mol. The van der Waals surface area contributed by atoms with Crippen LogP contribution in [0.4, 0.5) is 4.39 Å². The zero-order chi connectivity index (χ0) is 14.5. The van der Waals surface area contributed by atoms with Crippen LogP contribution in [0.1, 0.15) is 19.4 Å². The Labute approximate surface area is 112 Å². The number of hydrogen-bond acceptors (Lipinski definition) is 3. The number of halogens is 1. The van der Waals surface area contributed by atoms with Gasteiger partial charge in [0.1, 0.15) is 11.6 Å². The van der Waals surface area contributed by atoms with Gasteiger partial charge in [-0.1, -0.05) is 26.0 Å². The average molecular weight is 287 g/mol. The van der Waals surface area contributed by atoms with Gasteiger partial charge in [-0.3, -0.25) is 4.79 Å². The second-order valence-corrected chi connectivity index (χ2v) is 7.17. The quantitative estimate of drug-likeness (QED) is 0.874. The molecule has 19 heavy (non-hydrogen) atoms. The number of hydrogen-bond donors (Lipinski definition) is 1. The molecule has 0 saturated carbocycles. The fourth-order valence-electron chi connectivity index (χ4n) is 1.46. The van der Waals surface area contributed by atoms with Crippen molar-refractivity contribution in [2.45, 2.75) is 19.6 Å². The largest absolute Gasteiger partial charge is 0.481 e. The number of carbonyl (C=O) groups is 1. The SMILES string of the molecule is CC(C)CN=S(=O)(CC(=O)O)Cc1ccc(F)cc1. The number of carboxylic acid groups (broad SMARTS) is 1. The van der Waals surface area contributed by atoms with Gasteiger partial charge in [0.2, 0.25) is 0 Å². The Morgan fingerprint density at radius 1 is 1.37 bits per heavy atom. The summed E-state index contributed by atoms with van der Waals surface area (Å²) in [6.45, 7) is 4.19. The molecule has 0 amide bonds. The molecule has 4 nitrogen and oxygen atoms in total. The molecule has 1 atom stereocenters. The molecule has 6 heteroatoms. The summed E-state index contributed by atoms with van der Waals surface area (Å²) in [5, 5.41) is 8.84. The number of benzene rings is 1. The molecule has 0 radical (unpaired) electrons. The lowest BCUT2D eigenvalue weighted by Gasteiger charge is -2.09. The van der Waals surface area contributed by atoms with Crippen LogP contribution < -0.4 is 0 Å². The Hall–Kier alpha value is -1.43. The third-order valence-corrected chi connectivity index (χ3v) is 4.43. The van der Waals surface area contributed by atoms with E-state index in [1.54, 1.807) is 0 Å². The maximum absolute atomic E-state index is 12.8. The highest BCUT2D eigenvalue weighted by Gasteiger charge is 2.15. The first kappa shape index (κ1) is 15.6. The molecule has 1 N–H and O–H groups in total.